The molecule has 1 aliphatic heterocycles. The van der Waals surface area contributed by atoms with E-state index >= 15 is 0 Å². The Labute approximate surface area is 104 Å². The van der Waals surface area contributed by atoms with Crippen LogP contribution >= 0.6 is 0 Å². The zero-order valence-corrected chi connectivity index (χ0v) is 10.9. The van der Waals surface area contributed by atoms with Gasteiger partial charge in [-0.15, -0.1) is 0 Å². The molecule has 1 saturated heterocycles. The second-order valence-corrected chi connectivity index (χ2v) is 4.98. The van der Waals surface area contributed by atoms with Crippen LogP contribution in [-0.4, -0.2) is 25.2 Å². The minimum absolute atomic E-state index is 0.229. The molecule has 0 aromatic heterocycles. The molecule has 1 atom stereocenters. The predicted octanol–water partition coefficient (Wildman–Crippen LogP) is 2.56. The Hall–Kier alpha value is -1.22. The third-order valence-electron chi connectivity index (χ3n) is 2.99. The number of aryl methyl sites for hydroxylation is 1. The van der Waals surface area contributed by atoms with Gasteiger partial charge in [-0.05, 0) is 57.5 Å². The normalized spacial score (nSPS) is 19.6. The molecule has 0 saturated carbocycles. The molecular weight excluding hydrogens is 212 g/mol. The summed E-state index contributed by atoms with van der Waals surface area (Å²) in [7, 11) is 0. The number of nitrogens with one attached hydrogen (secondary N) is 2. The van der Waals surface area contributed by atoms with Crippen molar-refractivity contribution in [3.05, 3.63) is 23.8 Å². The predicted molar refractivity (Wildman–Crippen MR) is 71.8 cm³/mol. The Morgan fingerprint density at radius 3 is 2.82 bits per heavy atom. The Morgan fingerprint density at radius 1 is 1.41 bits per heavy atom. The van der Waals surface area contributed by atoms with Gasteiger partial charge in [-0.25, -0.2) is 0 Å². The summed E-state index contributed by atoms with van der Waals surface area (Å²) in [5.41, 5.74) is 2.46. The molecule has 3 heteroatoms. The lowest BCUT2D eigenvalue weighted by Gasteiger charge is -2.17. The standard InChI is InChI=1S/C14H22N2O/c1-10(2)17-13-4-5-14(11(3)8-13)16-12-6-7-15-9-12/h4-5,8,10,12,15-16H,6-7,9H2,1-3H3. The summed E-state index contributed by atoms with van der Waals surface area (Å²) >= 11 is 0. The van der Waals surface area contributed by atoms with Crippen LogP contribution in [-0.2, 0) is 0 Å². The molecule has 0 aliphatic carbocycles. The molecular formula is C14H22N2O. The number of anilines is 1. The lowest BCUT2D eigenvalue weighted by molar-refractivity contribution is 0.242. The van der Waals surface area contributed by atoms with E-state index in [-0.39, 0.29) is 6.10 Å². The molecule has 1 heterocycles. The van der Waals surface area contributed by atoms with Crippen LogP contribution in [0.1, 0.15) is 25.8 Å². The molecule has 0 bridgehead atoms. The summed E-state index contributed by atoms with van der Waals surface area (Å²) in [6.45, 7) is 8.39. The zero-order chi connectivity index (χ0) is 12.3. The van der Waals surface area contributed by atoms with Crippen molar-refractivity contribution in [1.29, 1.82) is 0 Å². The largest absolute Gasteiger partial charge is 0.491 e. The highest BCUT2D eigenvalue weighted by molar-refractivity contribution is 5.54. The lowest BCUT2D eigenvalue weighted by Crippen LogP contribution is -2.22. The van der Waals surface area contributed by atoms with Crippen LogP contribution < -0.4 is 15.4 Å². The monoisotopic (exact) mass is 234 g/mol. The first kappa shape index (κ1) is 12.2. The number of hydrogen-bond donors (Lipinski definition) is 2. The second-order valence-electron chi connectivity index (χ2n) is 4.98. The first-order valence-electron chi connectivity index (χ1n) is 6.39. The van der Waals surface area contributed by atoms with Crippen molar-refractivity contribution in [2.75, 3.05) is 18.4 Å². The molecule has 0 radical (unpaired) electrons. The summed E-state index contributed by atoms with van der Waals surface area (Å²) in [5.74, 6) is 0.951. The summed E-state index contributed by atoms with van der Waals surface area (Å²) in [4.78, 5) is 0. The van der Waals surface area contributed by atoms with Crippen molar-refractivity contribution in [2.45, 2.75) is 39.3 Å². The molecule has 3 nitrogen and oxygen atoms in total. The fraction of sp³-hybridized carbons (Fsp3) is 0.571. The van der Waals surface area contributed by atoms with Crippen LogP contribution in [0.15, 0.2) is 18.2 Å². The molecule has 1 aromatic carbocycles. The van der Waals surface area contributed by atoms with E-state index in [1.807, 2.05) is 19.9 Å². The summed E-state index contributed by atoms with van der Waals surface area (Å²) < 4.78 is 5.68. The van der Waals surface area contributed by atoms with Gasteiger partial charge in [0, 0.05) is 18.3 Å². The molecule has 1 aromatic rings. The fourth-order valence-electron chi connectivity index (χ4n) is 2.14. The van der Waals surface area contributed by atoms with Gasteiger partial charge in [0.25, 0.3) is 0 Å². The van der Waals surface area contributed by atoms with Crippen molar-refractivity contribution in [2.24, 2.45) is 0 Å². The molecule has 2 rings (SSSR count). The van der Waals surface area contributed by atoms with Gasteiger partial charge in [-0.3, -0.25) is 0 Å². The minimum Gasteiger partial charge on any atom is -0.491 e. The van der Waals surface area contributed by atoms with Crippen LogP contribution in [0, 0.1) is 6.92 Å². The van der Waals surface area contributed by atoms with Crippen LogP contribution in [0.3, 0.4) is 0 Å². The van der Waals surface area contributed by atoms with E-state index in [0.717, 1.165) is 18.8 Å². The van der Waals surface area contributed by atoms with Crippen LogP contribution in [0.25, 0.3) is 0 Å². The highest BCUT2D eigenvalue weighted by Crippen LogP contribution is 2.23. The van der Waals surface area contributed by atoms with Crippen LogP contribution in [0.4, 0.5) is 5.69 Å². The maximum absolute atomic E-state index is 5.68. The molecule has 2 N–H and O–H groups in total. The zero-order valence-electron chi connectivity index (χ0n) is 10.9. The second kappa shape index (κ2) is 5.41. The SMILES string of the molecule is Cc1cc(OC(C)C)ccc1NC1CCNC1. The van der Waals surface area contributed by atoms with E-state index < -0.39 is 0 Å². The first-order chi connectivity index (χ1) is 8.15. The van der Waals surface area contributed by atoms with E-state index in [2.05, 4.69) is 29.7 Å². The molecule has 1 unspecified atom stereocenters. The first-order valence-corrected chi connectivity index (χ1v) is 6.39. The Balaban J connectivity index is 2.03. The number of hydrogen-bond acceptors (Lipinski definition) is 3. The fourth-order valence-corrected chi connectivity index (χ4v) is 2.14. The quantitative estimate of drug-likeness (QED) is 0.840. The van der Waals surface area contributed by atoms with Crippen molar-refractivity contribution in [1.82, 2.24) is 5.32 Å². The number of rotatable bonds is 4. The van der Waals surface area contributed by atoms with Gasteiger partial charge in [0.15, 0.2) is 0 Å². The van der Waals surface area contributed by atoms with Gasteiger partial charge < -0.3 is 15.4 Å². The summed E-state index contributed by atoms with van der Waals surface area (Å²) in [5, 5.41) is 6.93. The maximum atomic E-state index is 5.68. The highest BCUT2D eigenvalue weighted by atomic mass is 16.5. The third kappa shape index (κ3) is 3.37. The van der Waals surface area contributed by atoms with E-state index in [1.165, 1.54) is 17.7 Å². The van der Waals surface area contributed by atoms with Gasteiger partial charge in [-0.1, -0.05) is 0 Å². The van der Waals surface area contributed by atoms with E-state index in [0.29, 0.717) is 6.04 Å². The topological polar surface area (TPSA) is 33.3 Å². The molecule has 1 fully saturated rings. The average Bonchev–Trinajstić information content (AvgIpc) is 2.74. The van der Waals surface area contributed by atoms with Gasteiger partial charge in [0.1, 0.15) is 5.75 Å². The minimum atomic E-state index is 0.229. The molecule has 94 valence electrons. The van der Waals surface area contributed by atoms with Gasteiger partial charge in [-0.2, -0.15) is 0 Å². The Morgan fingerprint density at radius 2 is 2.24 bits per heavy atom. The highest BCUT2D eigenvalue weighted by Gasteiger charge is 2.14. The summed E-state index contributed by atoms with van der Waals surface area (Å²) in [6.07, 6.45) is 1.43. The third-order valence-corrected chi connectivity index (χ3v) is 2.99. The molecule has 0 amide bonds. The molecule has 1 aliphatic rings. The Kier molecular flexibility index (Phi) is 3.89. The van der Waals surface area contributed by atoms with E-state index in [1.54, 1.807) is 0 Å². The van der Waals surface area contributed by atoms with Gasteiger partial charge in [0.2, 0.25) is 0 Å². The Bertz CT molecular complexity index is 370. The van der Waals surface area contributed by atoms with Crippen molar-refractivity contribution in [3.63, 3.8) is 0 Å². The average molecular weight is 234 g/mol. The maximum Gasteiger partial charge on any atom is 0.120 e. The smallest absolute Gasteiger partial charge is 0.120 e. The van der Waals surface area contributed by atoms with Crippen molar-refractivity contribution >= 4 is 5.69 Å². The van der Waals surface area contributed by atoms with Crippen molar-refractivity contribution < 1.29 is 4.74 Å². The van der Waals surface area contributed by atoms with Gasteiger partial charge >= 0.3 is 0 Å². The molecule has 17 heavy (non-hydrogen) atoms. The lowest BCUT2D eigenvalue weighted by atomic mass is 10.1. The van der Waals surface area contributed by atoms with Crippen LogP contribution in [0.5, 0.6) is 5.75 Å². The molecule has 0 spiro atoms. The number of benzene rings is 1. The van der Waals surface area contributed by atoms with Crippen molar-refractivity contribution in [3.8, 4) is 5.75 Å². The number of ether oxygens (including phenoxy) is 1. The van der Waals surface area contributed by atoms with Gasteiger partial charge in [0.05, 0.1) is 6.10 Å². The van der Waals surface area contributed by atoms with Crippen LogP contribution in [0.2, 0.25) is 0 Å². The van der Waals surface area contributed by atoms with E-state index in [9.17, 15) is 0 Å². The summed E-state index contributed by atoms with van der Waals surface area (Å²) in [6, 6.07) is 6.82. The van der Waals surface area contributed by atoms with E-state index in [4.69, 9.17) is 4.74 Å².